The Morgan fingerprint density at radius 3 is 2.74 bits per heavy atom. The Bertz CT molecular complexity index is 612. The number of nitrogens with one attached hydrogen (secondary N) is 1. The minimum atomic E-state index is -0.152. The van der Waals surface area contributed by atoms with Crippen molar-refractivity contribution in [3.8, 4) is 0 Å². The maximum Gasteiger partial charge on any atom is 0.190 e. The molecule has 126 valence electrons. The zero-order valence-corrected chi connectivity index (χ0v) is 14.9. The second-order valence-electron chi connectivity index (χ2n) is 5.98. The number of hydrogen-bond acceptors (Lipinski definition) is 4. The zero-order chi connectivity index (χ0) is 16.7. The van der Waals surface area contributed by atoms with E-state index in [1.165, 1.54) is 6.07 Å². The van der Waals surface area contributed by atoms with Gasteiger partial charge in [-0.05, 0) is 31.2 Å². The molecule has 2 rings (SSSR count). The number of aromatic nitrogens is 3. The van der Waals surface area contributed by atoms with Crippen LogP contribution in [0.1, 0.15) is 31.7 Å². The topological polar surface area (TPSA) is 42.7 Å². The fourth-order valence-electron chi connectivity index (χ4n) is 2.44. The highest BCUT2D eigenvalue weighted by Crippen LogP contribution is 2.16. The van der Waals surface area contributed by atoms with E-state index in [1.807, 2.05) is 18.4 Å². The fourth-order valence-corrected chi connectivity index (χ4v) is 2.96. The van der Waals surface area contributed by atoms with E-state index in [2.05, 4.69) is 33.9 Å². The number of nitrogens with zero attached hydrogens (tertiary/aromatic N) is 3. The molecule has 1 heterocycles. The van der Waals surface area contributed by atoms with Crippen LogP contribution in [0.25, 0.3) is 0 Å². The lowest BCUT2D eigenvalue weighted by Gasteiger charge is -2.11. The molecule has 0 saturated heterocycles. The van der Waals surface area contributed by atoms with Gasteiger partial charge in [-0.1, -0.05) is 43.8 Å². The summed E-state index contributed by atoms with van der Waals surface area (Å²) in [5, 5.41) is 12.8. The van der Waals surface area contributed by atoms with Crippen LogP contribution in [0.3, 0.4) is 0 Å². The average molecular weight is 336 g/mol. The summed E-state index contributed by atoms with van der Waals surface area (Å²) < 4.78 is 15.7. The van der Waals surface area contributed by atoms with Crippen LogP contribution in [0.2, 0.25) is 0 Å². The van der Waals surface area contributed by atoms with Crippen LogP contribution in [0.4, 0.5) is 4.39 Å². The third-order valence-corrected chi connectivity index (χ3v) is 4.22. The van der Waals surface area contributed by atoms with Crippen molar-refractivity contribution in [2.75, 3.05) is 12.8 Å². The maximum absolute atomic E-state index is 13.5. The van der Waals surface area contributed by atoms with Gasteiger partial charge < -0.3 is 9.88 Å². The van der Waals surface area contributed by atoms with E-state index in [9.17, 15) is 4.39 Å². The third-order valence-electron chi connectivity index (χ3n) is 3.55. The average Bonchev–Trinajstić information content (AvgIpc) is 2.90. The number of aryl methyl sites for hydroxylation is 1. The molecule has 0 aliphatic rings. The summed E-state index contributed by atoms with van der Waals surface area (Å²) in [6, 6.07) is 6.88. The number of rotatable bonds is 9. The molecule has 1 aromatic heterocycles. The molecule has 0 saturated carbocycles. The van der Waals surface area contributed by atoms with Gasteiger partial charge in [0.05, 0.1) is 0 Å². The molecule has 0 fully saturated rings. The summed E-state index contributed by atoms with van der Waals surface area (Å²) in [6.07, 6.45) is 3.87. The summed E-state index contributed by atoms with van der Waals surface area (Å²) >= 11 is 1.63. The molecule has 0 amide bonds. The van der Waals surface area contributed by atoms with Crippen LogP contribution in [0.5, 0.6) is 0 Å². The molecular formula is C17H25FN4S. The van der Waals surface area contributed by atoms with Crippen molar-refractivity contribution >= 4 is 11.8 Å². The monoisotopic (exact) mass is 336 g/mol. The molecule has 0 unspecified atom stereocenters. The van der Waals surface area contributed by atoms with Gasteiger partial charge in [0.1, 0.15) is 11.6 Å². The highest BCUT2D eigenvalue weighted by atomic mass is 32.2. The Balaban J connectivity index is 1.80. The lowest BCUT2D eigenvalue weighted by atomic mass is 10.2. The molecule has 0 radical (unpaired) electrons. The number of benzene rings is 1. The summed E-state index contributed by atoms with van der Waals surface area (Å²) in [7, 11) is 0. The number of thioether (sulfide) groups is 1. The number of halogens is 1. The Labute approximate surface area is 141 Å². The first-order valence-electron chi connectivity index (χ1n) is 8.02. The van der Waals surface area contributed by atoms with Crippen LogP contribution in [-0.2, 0) is 19.5 Å². The van der Waals surface area contributed by atoms with E-state index < -0.39 is 0 Å². The second-order valence-corrected chi connectivity index (χ2v) is 6.75. The van der Waals surface area contributed by atoms with Crippen LogP contribution in [0, 0.1) is 11.7 Å². The first kappa shape index (κ1) is 17.9. The fraction of sp³-hybridized carbons (Fsp3) is 0.529. The molecule has 0 atom stereocenters. The Hall–Kier alpha value is -1.40. The zero-order valence-electron chi connectivity index (χ0n) is 14.1. The number of hydrogen-bond donors (Lipinski definition) is 1. The molecule has 0 aliphatic carbocycles. The predicted octanol–water partition coefficient (Wildman–Crippen LogP) is 3.52. The van der Waals surface area contributed by atoms with Crippen molar-refractivity contribution in [1.29, 1.82) is 0 Å². The van der Waals surface area contributed by atoms with Crippen LogP contribution < -0.4 is 5.32 Å². The molecule has 2 aromatic rings. The first-order valence-corrected chi connectivity index (χ1v) is 9.24. The molecule has 6 heteroatoms. The van der Waals surface area contributed by atoms with E-state index in [4.69, 9.17) is 0 Å². The minimum absolute atomic E-state index is 0.152. The van der Waals surface area contributed by atoms with Crippen LogP contribution in [-0.4, -0.2) is 27.6 Å². The van der Waals surface area contributed by atoms with Crippen LogP contribution >= 0.6 is 11.8 Å². The molecule has 23 heavy (non-hydrogen) atoms. The van der Waals surface area contributed by atoms with Gasteiger partial charge in [-0.15, -0.1) is 10.2 Å². The quantitative estimate of drug-likeness (QED) is 0.562. The van der Waals surface area contributed by atoms with Crippen molar-refractivity contribution < 1.29 is 4.39 Å². The highest BCUT2D eigenvalue weighted by Gasteiger charge is 2.12. The molecule has 1 N–H and O–H groups in total. The van der Waals surface area contributed by atoms with Gasteiger partial charge >= 0.3 is 0 Å². The molecular weight excluding hydrogens is 311 g/mol. The van der Waals surface area contributed by atoms with Gasteiger partial charge in [0.2, 0.25) is 0 Å². The van der Waals surface area contributed by atoms with Crippen LogP contribution in [0.15, 0.2) is 29.4 Å². The molecule has 0 spiro atoms. The van der Waals surface area contributed by atoms with Gasteiger partial charge in [0.15, 0.2) is 5.16 Å². The molecule has 0 aliphatic heterocycles. The predicted molar refractivity (Wildman–Crippen MR) is 93.1 cm³/mol. The van der Waals surface area contributed by atoms with Gasteiger partial charge in [-0.3, -0.25) is 0 Å². The Morgan fingerprint density at radius 1 is 1.26 bits per heavy atom. The van der Waals surface area contributed by atoms with E-state index in [1.54, 1.807) is 17.8 Å². The van der Waals surface area contributed by atoms with Crippen molar-refractivity contribution in [3.05, 3.63) is 41.5 Å². The molecule has 0 bridgehead atoms. The lowest BCUT2D eigenvalue weighted by molar-refractivity contribution is 0.475. The van der Waals surface area contributed by atoms with E-state index >= 15 is 0 Å². The first-order chi connectivity index (χ1) is 11.1. The van der Waals surface area contributed by atoms with Crippen molar-refractivity contribution in [2.24, 2.45) is 5.92 Å². The smallest absolute Gasteiger partial charge is 0.190 e. The summed E-state index contributed by atoms with van der Waals surface area (Å²) in [6.45, 7) is 6.73. The SMILES string of the molecule is CSc1nnc(CCCNCc2ccccc2F)n1CC(C)C. The Morgan fingerprint density at radius 2 is 2.04 bits per heavy atom. The van der Waals surface area contributed by atoms with E-state index in [0.29, 0.717) is 18.0 Å². The third kappa shape index (κ3) is 5.32. The van der Waals surface area contributed by atoms with Gasteiger partial charge in [0.25, 0.3) is 0 Å². The standard InChI is InChI=1S/C17H25FN4S/c1-13(2)12-22-16(20-21-17(22)23-3)9-6-10-19-11-14-7-4-5-8-15(14)18/h4-5,7-8,13,19H,6,9-12H2,1-3H3. The largest absolute Gasteiger partial charge is 0.313 e. The highest BCUT2D eigenvalue weighted by molar-refractivity contribution is 7.98. The van der Waals surface area contributed by atoms with Crippen molar-refractivity contribution in [2.45, 2.75) is 44.9 Å². The van der Waals surface area contributed by atoms with E-state index in [0.717, 1.165) is 36.9 Å². The van der Waals surface area contributed by atoms with Gasteiger partial charge in [-0.25, -0.2) is 4.39 Å². The van der Waals surface area contributed by atoms with E-state index in [-0.39, 0.29) is 5.82 Å². The lowest BCUT2D eigenvalue weighted by Crippen LogP contribution is -2.17. The molecule has 1 aromatic carbocycles. The summed E-state index contributed by atoms with van der Waals surface area (Å²) in [5.74, 6) is 1.45. The summed E-state index contributed by atoms with van der Waals surface area (Å²) in [4.78, 5) is 0. The minimum Gasteiger partial charge on any atom is -0.313 e. The van der Waals surface area contributed by atoms with Gasteiger partial charge in [0, 0.05) is 25.1 Å². The maximum atomic E-state index is 13.5. The molecule has 4 nitrogen and oxygen atoms in total. The van der Waals surface area contributed by atoms with Crippen molar-refractivity contribution in [1.82, 2.24) is 20.1 Å². The Kier molecular flexibility index (Phi) is 7.05. The summed E-state index contributed by atoms with van der Waals surface area (Å²) in [5.41, 5.74) is 0.708. The van der Waals surface area contributed by atoms with Gasteiger partial charge in [-0.2, -0.15) is 0 Å². The normalized spacial score (nSPS) is 11.3. The van der Waals surface area contributed by atoms with Crippen molar-refractivity contribution in [3.63, 3.8) is 0 Å². The second kappa shape index (κ2) is 9.03.